The van der Waals surface area contributed by atoms with Gasteiger partial charge in [-0.3, -0.25) is 9.59 Å². The zero-order valence-corrected chi connectivity index (χ0v) is 11.4. The van der Waals surface area contributed by atoms with Gasteiger partial charge in [0.05, 0.1) is 12.0 Å². The summed E-state index contributed by atoms with van der Waals surface area (Å²) in [6.07, 6.45) is 2.44. The highest BCUT2D eigenvalue weighted by atomic mass is 79.9. The zero-order valence-electron chi connectivity index (χ0n) is 9.78. The predicted molar refractivity (Wildman–Crippen MR) is 70.4 cm³/mol. The van der Waals surface area contributed by atoms with Crippen molar-refractivity contribution in [3.8, 4) is 0 Å². The number of amides is 1. The smallest absolute Gasteiger partial charge is 0.305 e. The van der Waals surface area contributed by atoms with Crippen molar-refractivity contribution in [1.82, 2.24) is 5.32 Å². The van der Waals surface area contributed by atoms with Gasteiger partial charge in [-0.15, -0.1) is 0 Å². The van der Waals surface area contributed by atoms with Crippen LogP contribution < -0.4 is 5.32 Å². The minimum atomic E-state index is -0.870. The Kier molecular flexibility index (Phi) is 3.71. The molecule has 0 bridgehead atoms. The van der Waals surface area contributed by atoms with E-state index in [2.05, 4.69) is 21.2 Å². The molecule has 1 aliphatic rings. The van der Waals surface area contributed by atoms with Gasteiger partial charge in [0.15, 0.2) is 0 Å². The second-order valence-corrected chi connectivity index (χ2v) is 5.58. The monoisotopic (exact) mass is 311 g/mol. The van der Waals surface area contributed by atoms with Gasteiger partial charge in [-0.05, 0) is 43.5 Å². The van der Waals surface area contributed by atoms with Gasteiger partial charge in [0.1, 0.15) is 0 Å². The Hall–Kier alpha value is -1.36. The van der Waals surface area contributed by atoms with Crippen molar-refractivity contribution < 1.29 is 14.7 Å². The van der Waals surface area contributed by atoms with E-state index < -0.39 is 11.5 Å². The summed E-state index contributed by atoms with van der Waals surface area (Å²) in [5, 5.41) is 11.7. The molecule has 0 aliphatic heterocycles. The Morgan fingerprint density at radius 2 is 1.89 bits per heavy atom. The highest BCUT2D eigenvalue weighted by Gasteiger charge is 2.40. The lowest BCUT2D eigenvalue weighted by Gasteiger charge is -2.41. The van der Waals surface area contributed by atoms with Crippen molar-refractivity contribution >= 4 is 27.8 Å². The van der Waals surface area contributed by atoms with Crippen LogP contribution in [0.4, 0.5) is 0 Å². The van der Waals surface area contributed by atoms with E-state index in [9.17, 15) is 9.59 Å². The molecule has 4 nitrogen and oxygen atoms in total. The average molecular weight is 312 g/mol. The highest BCUT2D eigenvalue weighted by Crippen LogP contribution is 2.35. The van der Waals surface area contributed by atoms with Crippen LogP contribution in [0.3, 0.4) is 0 Å². The number of carboxylic acids is 1. The van der Waals surface area contributed by atoms with Crippen LogP contribution in [-0.4, -0.2) is 22.5 Å². The normalized spacial score (nSPS) is 16.7. The first kappa shape index (κ1) is 13.1. The zero-order chi connectivity index (χ0) is 13.2. The maximum absolute atomic E-state index is 12.0. The summed E-state index contributed by atoms with van der Waals surface area (Å²) in [6.45, 7) is 0. The SMILES string of the molecule is O=C(O)CC1(NC(=O)c2ccc(Br)cc2)CCC1. The van der Waals surface area contributed by atoms with E-state index in [1.807, 2.05) is 0 Å². The van der Waals surface area contributed by atoms with E-state index >= 15 is 0 Å². The number of aliphatic carboxylic acids is 1. The van der Waals surface area contributed by atoms with Crippen molar-refractivity contribution in [2.24, 2.45) is 0 Å². The summed E-state index contributed by atoms with van der Waals surface area (Å²) in [5.41, 5.74) is 0.00516. The Morgan fingerprint density at radius 1 is 1.28 bits per heavy atom. The third kappa shape index (κ3) is 2.90. The van der Waals surface area contributed by atoms with Gasteiger partial charge in [-0.25, -0.2) is 0 Å². The molecule has 0 atom stereocenters. The minimum absolute atomic E-state index is 0.00469. The molecule has 1 fully saturated rings. The molecule has 1 aliphatic carbocycles. The largest absolute Gasteiger partial charge is 0.481 e. The molecular weight excluding hydrogens is 298 g/mol. The molecule has 0 unspecified atom stereocenters. The van der Waals surface area contributed by atoms with E-state index in [4.69, 9.17) is 5.11 Å². The third-order valence-electron chi connectivity index (χ3n) is 3.29. The number of carbonyl (C=O) groups excluding carboxylic acids is 1. The number of benzene rings is 1. The van der Waals surface area contributed by atoms with Crippen LogP contribution in [-0.2, 0) is 4.79 Å². The van der Waals surface area contributed by atoms with E-state index in [1.165, 1.54) is 0 Å². The first-order chi connectivity index (χ1) is 8.51. The molecule has 0 aromatic heterocycles. The van der Waals surface area contributed by atoms with Gasteiger partial charge in [0, 0.05) is 10.0 Å². The Morgan fingerprint density at radius 3 is 2.33 bits per heavy atom. The van der Waals surface area contributed by atoms with Gasteiger partial charge in [0.2, 0.25) is 0 Å². The van der Waals surface area contributed by atoms with Crippen LogP contribution in [0.1, 0.15) is 36.0 Å². The second kappa shape index (κ2) is 5.10. The number of carboxylic acid groups (broad SMARTS) is 1. The summed E-state index contributed by atoms with van der Waals surface area (Å²) < 4.78 is 0.906. The summed E-state index contributed by atoms with van der Waals surface area (Å²) in [7, 11) is 0. The van der Waals surface area contributed by atoms with Crippen molar-refractivity contribution in [1.29, 1.82) is 0 Å². The quantitative estimate of drug-likeness (QED) is 0.898. The minimum Gasteiger partial charge on any atom is -0.481 e. The Bertz CT molecular complexity index is 466. The fraction of sp³-hybridized carbons (Fsp3) is 0.385. The fourth-order valence-corrected chi connectivity index (χ4v) is 2.42. The Balaban J connectivity index is 2.06. The van der Waals surface area contributed by atoms with Gasteiger partial charge < -0.3 is 10.4 Å². The van der Waals surface area contributed by atoms with Crippen LogP contribution in [0.25, 0.3) is 0 Å². The highest BCUT2D eigenvalue weighted by molar-refractivity contribution is 9.10. The van der Waals surface area contributed by atoms with Crippen LogP contribution in [0.2, 0.25) is 0 Å². The van der Waals surface area contributed by atoms with Crippen LogP contribution in [0.15, 0.2) is 28.7 Å². The lowest BCUT2D eigenvalue weighted by atomic mass is 9.74. The number of hydrogen-bond acceptors (Lipinski definition) is 2. The summed E-state index contributed by atoms with van der Waals surface area (Å²) in [5.74, 6) is -1.07. The molecule has 5 heteroatoms. The maximum Gasteiger partial charge on any atom is 0.305 e. The first-order valence-electron chi connectivity index (χ1n) is 5.81. The molecule has 1 amide bonds. The van der Waals surface area contributed by atoms with Crippen molar-refractivity contribution in [2.75, 3.05) is 0 Å². The first-order valence-corrected chi connectivity index (χ1v) is 6.60. The predicted octanol–water partition coefficient (Wildman–Crippen LogP) is 2.58. The summed E-state index contributed by atoms with van der Waals surface area (Å²) in [6, 6.07) is 7.01. The molecule has 2 rings (SSSR count). The average Bonchev–Trinajstić information content (AvgIpc) is 2.26. The van der Waals surface area contributed by atoms with Crippen LogP contribution in [0.5, 0.6) is 0 Å². The molecule has 0 heterocycles. The maximum atomic E-state index is 12.0. The molecule has 1 aromatic rings. The molecule has 1 saturated carbocycles. The molecule has 1 aromatic carbocycles. The van der Waals surface area contributed by atoms with Gasteiger partial charge >= 0.3 is 5.97 Å². The van der Waals surface area contributed by atoms with E-state index in [0.29, 0.717) is 5.56 Å². The molecule has 18 heavy (non-hydrogen) atoms. The van der Waals surface area contributed by atoms with E-state index in [0.717, 1.165) is 23.7 Å². The van der Waals surface area contributed by atoms with Crippen LogP contribution in [0, 0.1) is 0 Å². The van der Waals surface area contributed by atoms with Crippen molar-refractivity contribution in [3.63, 3.8) is 0 Å². The molecule has 0 radical (unpaired) electrons. The van der Waals surface area contributed by atoms with Crippen molar-refractivity contribution in [3.05, 3.63) is 34.3 Å². The third-order valence-corrected chi connectivity index (χ3v) is 3.81. The lowest BCUT2D eigenvalue weighted by Crippen LogP contribution is -2.54. The topological polar surface area (TPSA) is 66.4 Å². The summed E-state index contributed by atoms with van der Waals surface area (Å²) in [4.78, 5) is 22.8. The molecule has 0 saturated heterocycles. The molecular formula is C13H14BrNO3. The van der Waals surface area contributed by atoms with Gasteiger partial charge in [-0.2, -0.15) is 0 Å². The fourth-order valence-electron chi connectivity index (χ4n) is 2.15. The molecule has 2 N–H and O–H groups in total. The number of nitrogens with one attached hydrogen (secondary N) is 1. The van der Waals surface area contributed by atoms with E-state index in [1.54, 1.807) is 24.3 Å². The second-order valence-electron chi connectivity index (χ2n) is 4.67. The summed E-state index contributed by atoms with van der Waals surface area (Å²) >= 11 is 3.30. The number of hydrogen-bond donors (Lipinski definition) is 2. The number of halogens is 1. The van der Waals surface area contributed by atoms with Gasteiger partial charge in [-0.1, -0.05) is 15.9 Å². The number of rotatable bonds is 4. The van der Waals surface area contributed by atoms with Crippen molar-refractivity contribution in [2.45, 2.75) is 31.2 Å². The lowest BCUT2D eigenvalue weighted by molar-refractivity contribution is -0.139. The van der Waals surface area contributed by atoms with Crippen LogP contribution >= 0.6 is 15.9 Å². The number of carbonyl (C=O) groups is 2. The molecule has 0 spiro atoms. The molecule has 96 valence electrons. The Labute approximate surface area is 114 Å². The van der Waals surface area contributed by atoms with E-state index in [-0.39, 0.29) is 12.3 Å². The standard InChI is InChI=1S/C13H14BrNO3/c14-10-4-2-9(3-5-10)12(18)15-13(6-1-7-13)8-11(16)17/h2-5H,1,6-8H2,(H,15,18)(H,16,17). The van der Waals surface area contributed by atoms with Gasteiger partial charge in [0.25, 0.3) is 5.91 Å².